The van der Waals surface area contributed by atoms with E-state index < -0.39 is 8.07 Å². The molecule has 0 aliphatic heterocycles. The lowest BCUT2D eigenvalue weighted by Crippen LogP contribution is -2.41. The second-order valence-electron chi connectivity index (χ2n) is 10.7. The van der Waals surface area contributed by atoms with Crippen LogP contribution in [0.3, 0.4) is 0 Å². The van der Waals surface area contributed by atoms with E-state index in [2.05, 4.69) is 123 Å². The van der Waals surface area contributed by atoms with Gasteiger partial charge in [0.15, 0.2) is 0 Å². The number of rotatable bonds is 4. The molecule has 1 atom stereocenters. The van der Waals surface area contributed by atoms with E-state index in [4.69, 9.17) is 0 Å². The molecule has 2 aliphatic carbocycles. The third-order valence-electron chi connectivity index (χ3n) is 8.09. The maximum absolute atomic E-state index is 2.64. The van der Waals surface area contributed by atoms with Crippen LogP contribution in [0.15, 0.2) is 103 Å². The Hall–Kier alpha value is -2.98. The number of hydrogen-bond donors (Lipinski definition) is 0. The van der Waals surface area contributed by atoms with Crippen molar-refractivity contribution < 1.29 is 0 Å². The second-order valence-corrected chi connectivity index (χ2v) is 17.7. The fourth-order valence-electron chi connectivity index (χ4n) is 6.58. The molecule has 0 nitrogen and oxygen atoms in total. The maximum Gasteiger partial charge on any atom is 0.0747 e. The highest BCUT2D eigenvalue weighted by Gasteiger charge is 2.50. The molecule has 2 aromatic heterocycles. The van der Waals surface area contributed by atoms with E-state index in [-0.39, 0.29) is 0 Å². The quantitative estimate of drug-likeness (QED) is 0.208. The minimum Gasteiger partial charge on any atom is -0.139 e. The smallest absolute Gasteiger partial charge is 0.0747 e. The van der Waals surface area contributed by atoms with Crippen LogP contribution in [0.1, 0.15) is 38.9 Å². The molecule has 0 bridgehead atoms. The predicted molar refractivity (Wildman–Crippen MR) is 161 cm³/mol. The molecule has 0 fully saturated rings. The average Bonchev–Trinajstić information content (AvgIpc) is 3.63. The Bertz CT molecular complexity index is 1540. The average molecular weight is 517 g/mol. The van der Waals surface area contributed by atoms with Gasteiger partial charge < -0.3 is 0 Å². The Morgan fingerprint density at radius 2 is 1.11 bits per heavy atom. The summed E-state index contributed by atoms with van der Waals surface area (Å²) in [7, 11) is -1.88. The number of benzene rings is 3. The van der Waals surface area contributed by atoms with Gasteiger partial charge in [0.1, 0.15) is 0 Å². The van der Waals surface area contributed by atoms with Crippen LogP contribution in [0.25, 0.3) is 38.1 Å². The summed E-state index contributed by atoms with van der Waals surface area (Å²) in [6.07, 6.45) is 2.44. The van der Waals surface area contributed by atoms with Gasteiger partial charge in [-0.1, -0.05) is 110 Å². The Morgan fingerprint density at radius 3 is 1.67 bits per heavy atom. The van der Waals surface area contributed by atoms with Crippen LogP contribution in [0.5, 0.6) is 0 Å². The number of thiophene rings is 2. The molecule has 5 aromatic rings. The maximum atomic E-state index is 2.64. The molecule has 176 valence electrons. The number of allylic oxidation sites excluding steroid dienone is 1. The third-order valence-corrected chi connectivity index (χ3v) is 15.3. The molecule has 0 saturated heterocycles. The first-order valence-electron chi connectivity index (χ1n) is 12.7. The molecular weight excluding hydrogens is 489 g/mol. The molecule has 7 rings (SSSR count). The normalized spacial score (nSPS) is 16.5. The van der Waals surface area contributed by atoms with E-state index in [0.717, 1.165) is 0 Å². The van der Waals surface area contributed by atoms with Crippen molar-refractivity contribution in [3.63, 3.8) is 0 Å². The van der Waals surface area contributed by atoms with E-state index in [1.54, 1.807) is 20.9 Å². The molecule has 0 amide bonds. The first-order chi connectivity index (χ1) is 17.5. The largest absolute Gasteiger partial charge is 0.139 e. The zero-order valence-electron chi connectivity index (χ0n) is 20.8. The van der Waals surface area contributed by atoms with Gasteiger partial charge in [-0.15, -0.1) is 22.7 Å². The molecule has 2 heterocycles. The number of hydrogen-bond acceptors (Lipinski definition) is 2. The SMILES string of the molecule is CC1=Cc2ccccc2C1[Si](C)(C)C1c2sc(-c3ccccc3)cc2-c2cc(-c3ccccc3)sc21. The highest BCUT2D eigenvalue weighted by atomic mass is 32.1. The van der Waals surface area contributed by atoms with Crippen LogP contribution in [0.2, 0.25) is 13.1 Å². The summed E-state index contributed by atoms with van der Waals surface area (Å²) in [5, 5.41) is 0. The lowest BCUT2D eigenvalue weighted by molar-refractivity contribution is 1.01. The minimum absolute atomic E-state index is 0.506. The zero-order valence-corrected chi connectivity index (χ0v) is 23.4. The molecule has 0 spiro atoms. The van der Waals surface area contributed by atoms with Crippen molar-refractivity contribution in [3.05, 3.63) is 124 Å². The third kappa shape index (κ3) is 3.30. The molecule has 36 heavy (non-hydrogen) atoms. The zero-order chi connectivity index (χ0) is 24.4. The van der Waals surface area contributed by atoms with Crippen LogP contribution < -0.4 is 0 Å². The van der Waals surface area contributed by atoms with Crippen molar-refractivity contribution in [2.75, 3.05) is 0 Å². The van der Waals surface area contributed by atoms with Crippen molar-refractivity contribution in [2.45, 2.75) is 31.1 Å². The Kier molecular flexibility index (Phi) is 5.11. The highest BCUT2D eigenvalue weighted by Crippen LogP contribution is 2.61. The van der Waals surface area contributed by atoms with Gasteiger partial charge in [0, 0.05) is 30.6 Å². The van der Waals surface area contributed by atoms with Crippen LogP contribution >= 0.6 is 22.7 Å². The summed E-state index contributed by atoms with van der Waals surface area (Å²) < 4.78 is 0. The molecule has 3 heteroatoms. The number of fused-ring (bicyclic) bond motifs is 4. The van der Waals surface area contributed by atoms with Crippen LogP contribution in [0.4, 0.5) is 0 Å². The van der Waals surface area contributed by atoms with E-state index in [0.29, 0.717) is 11.1 Å². The van der Waals surface area contributed by atoms with Crippen LogP contribution in [-0.4, -0.2) is 8.07 Å². The second kappa shape index (κ2) is 8.27. The topological polar surface area (TPSA) is 0 Å². The van der Waals surface area contributed by atoms with Gasteiger partial charge in [-0.25, -0.2) is 0 Å². The van der Waals surface area contributed by atoms with E-state index in [9.17, 15) is 0 Å². The van der Waals surface area contributed by atoms with Gasteiger partial charge in [0.05, 0.1) is 8.07 Å². The van der Waals surface area contributed by atoms with Crippen molar-refractivity contribution in [1.29, 1.82) is 0 Å². The highest BCUT2D eigenvalue weighted by molar-refractivity contribution is 7.19. The Labute approximate surface area is 222 Å². The van der Waals surface area contributed by atoms with Gasteiger partial charge in [-0.3, -0.25) is 0 Å². The van der Waals surface area contributed by atoms with E-state index in [1.165, 1.54) is 37.6 Å². The van der Waals surface area contributed by atoms with Gasteiger partial charge >= 0.3 is 0 Å². The van der Waals surface area contributed by atoms with Crippen LogP contribution in [-0.2, 0) is 0 Å². The van der Waals surface area contributed by atoms with Gasteiger partial charge in [-0.05, 0) is 52.4 Å². The van der Waals surface area contributed by atoms with Crippen molar-refractivity contribution in [2.24, 2.45) is 0 Å². The fourth-order valence-corrected chi connectivity index (χ4v) is 15.5. The fraction of sp³-hybridized carbons (Fsp3) is 0.152. The lowest BCUT2D eigenvalue weighted by atomic mass is 10.1. The first-order valence-corrected chi connectivity index (χ1v) is 17.5. The summed E-state index contributed by atoms with van der Waals surface area (Å²) in [5.74, 6) is 0. The summed E-state index contributed by atoms with van der Waals surface area (Å²) in [5.41, 5.74) is 11.2. The summed E-state index contributed by atoms with van der Waals surface area (Å²) in [6, 6.07) is 35.9. The lowest BCUT2D eigenvalue weighted by Gasteiger charge is -2.37. The molecule has 1 unspecified atom stereocenters. The monoisotopic (exact) mass is 516 g/mol. The summed E-state index contributed by atoms with van der Waals surface area (Å²) in [6.45, 7) is 7.65. The van der Waals surface area contributed by atoms with Crippen molar-refractivity contribution in [1.82, 2.24) is 0 Å². The van der Waals surface area contributed by atoms with E-state index in [1.807, 2.05) is 22.7 Å². The predicted octanol–water partition coefficient (Wildman–Crippen LogP) is 10.2. The van der Waals surface area contributed by atoms with Gasteiger partial charge in [0.2, 0.25) is 0 Å². The standard InChI is InChI=1S/C33H28S2Si/c1-21-18-24-16-10-11-17-25(24)32(21)36(2,3)33-30-26(19-28(34-30)22-12-6-4-7-13-22)27-20-29(35-31(27)33)23-14-8-5-9-15-23/h4-20,32-33H,1-3H3. The van der Waals surface area contributed by atoms with Crippen molar-refractivity contribution >= 4 is 36.8 Å². The molecule has 0 radical (unpaired) electrons. The van der Waals surface area contributed by atoms with Gasteiger partial charge in [-0.2, -0.15) is 0 Å². The summed E-state index contributed by atoms with van der Waals surface area (Å²) >= 11 is 4.07. The Balaban J connectivity index is 1.42. The molecule has 0 N–H and O–H groups in total. The Morgan fingerprint density at radius 1 is 0.611 bits per heavy atom. The van der Waals surface area contributed by atoms with Crippen molar-refractivity contribution in [3.8, 4) is 32.0 Å². The molecule has 0 saturated carbocycles. The molecule has 2 aliphatic rings. The van der Waals surface area contributed by atoms with Gasteiger partial charge in [0.25, 0.3) is 0 Å². The first kappa shape index (κ1) is 22.2. The summed E-state index contributed by atoms with van der Waals surface area (Å²) in [4.78, 5) is 5.99. The molecule has 3 aromatic carbocycles. The molecular formula is C33H28S2Si. The minimum atomic E-state index is -1.88. The van der Waals surface area contributed by atoms with E-state index >= 15 is 0 Å². The van der Waals surface area contributed by atoms with Crippen LogP contribution in [0, 0.1) is 0 Å².